The molecule has 1 aromatic carbocycles. The van der Waals surface area contributed by atoms with Crippen LogP contribution in [0.4, 0.5) is 0 Å². The van der Waals surface area contributed by atoms with E-state index in [2.05, 4.69) is 19.2 Å². The van der Waals surface area contributed by atoms with E-state index in [0.717, 1.165) is 23.4 Å². The van der Waals surface area contributed by atoms with Crippen molar-refractivity contribution in [1.29, 1.82) is 0 Å². The lowest BCUT2D eigenvalue weighted by atomic mass is 9.99. The summed E-state index contributed by atoms with van der Waals surface area (Å²) in [5.74, 6) is 0. The Bertz CT molecular complexity index is 352. The van der Waals surface area contributed by atoms with E-state index >= 15 is 0 Å². The Hall–Kier alpha value is -0.570. The Labute approximate surface area is 109 Å². The Morgan fingerprint density at radius 2 is 2.06 bits per heavy atom. The molecule has 0 fully saturated rings. The van der Waals surface area contributed by atoms with Gasteiger partial charge in [0.2, 0.25) is 0 Å². The lowest BCUT2D eigenvalue weighted by Gasteiger charge is -2.26. The second-order valence-corrected chi connectivity index (χ2v) is 5.28. The average molecular weight is 256 g/mol. The number of hydrogen-bond donors (Lipinski definition) is 2. The first-order valence-corrected chi connectivity index (χ1v) is 6.54. The minimum Gasteiger partial charge on any atom is -0.389 e. The number of halogens is 1. The van der Waals surface area contributed by atoms with Gasteiger partial charge in [0.05, 0.1) is 5.60 Å². The number of aliphatic hydroxyl groups is 1. The van der Waals surface area contributed by atoms with Gasteiger partial charge in [0.1, 0.15) is 0 Å². The largest absolute Gasteiger partial charge is 0.389 e. The molecule has 0 aliphatic rings. The highest BCUT2D eigenvalue weighted by Gasteiger charge is 2.20. The zero-order valence-electron chi connectivity index (χ0n) is 10.8. The van der Waals surface area contributed by atoms with E-state index in [1.165, 1.54) is 0 Å². The number of nitrogens with one attached hydrogen (secondary N) is 1. The van der Waals surface area contributed by atoms with Crippen molar-refractivity contribution in [2.75, 3.05) is 6.54 Å². The Morgan fingerprint density at radius 1 is 1.41 bits per heavy atom. The van der Waals surface area contributed by atoms with Gasteiger partial charge in [-0.05, 0) is 31.9 Å². The number of benzene rings is 1. The van der Waals surface area contributed by atoms with Crippen LogP contribution in [0.1, 0.15) is 45.2 Å². The standard InChI is InChI=1S/C14H22ClNO/c1-4-9-14(3,17)10-16-11(2)12-7-5-6-8-13(12)15/h5-8,11,16-17H,4,9-10H2,1-3H3. The zero-order valence-corrected chi connectivity index (χ0v) is 11.6. The van der Waals surface area contributed by atoms with E-state index < -0.39 is 5.60 Å². The summed E-state index contributed by atoms with van der Waals surface area (Å²) in [5, 5.41) is 14.2. The van der Waals surface area contributed by atoms with Crippen LogP contribution in [-0.2, 0) is 0 Å². The first-order chi connectivity index (χ1) is 7.96. The third-order valence-corrected chi connectivity index (χ3v) is 3.29. The molecule has 0 saturated carbocycles. The molecule has 0 radical (unpaired) electrons. The molecule has 0 aliphatic heterocycles. The molecule has 2 unspecified atom stereocenters. The van der Waals surface area contributed by atoms with Gasteiger partial charge in [-0.1, -0.05) is 43.1 Å². The summed E-state index contributed by atoms with van der Waals surface area (Å²) < 4.78 is 0. The van der Waals surface area contributed by atoms with Gasteiger partial charge in [-0.2, -0.15) is 0 Å². The lowest BCUT2D eigenvalue weighted by Crippen LogP contribution is -2.38. The van der Waals surface area contributed by atoms with Gasteiger partial charge in [-0.15, -0.1) is 0 Å². The van der Waals surface area contributed by atoms with Gasteiger partial charge >= 0.3 is 0 Å². The molecule has 0 heterocycles. The highest BCUT2D eigenvalue weighted by Crippen LogP contribution is 2.22. The van der Waals surface area contributed by atoms with Crippen molar-refractivity contribution in [2.45, 2.75) is 45.3 Å². The Morgan fingerprint density at radius 3 is 2.65 bits per heavy atom. The summed E-state index contributed by atoms with van der Waals surface area (Å²) >= 11 is 6.13. The summed E-state index contributed by atoms with van der Waals surface area (Å²) in [6, 6.07) is 7.94. The third-order valence-electron chi connectivity index (χ3n) is 2.95. The molecule has 3 heteroatoms. The molecule has 2 N–H and O–H groups in total. The van der Waals surface area contributed by atoms with Gasteiger partial charge < -0.3 is 10.4 Å². The van der Waals surface area contributed by atoms with Crippen molar-refractivity contribution in [2.24, 2.45) is 0 Å². The van der Waals surface area contributed by atoms with Crippen LogP contribution >= 0.6 is 11.6 Å². The molecule has 0 bridgehead atoms. The normalized spacial score (nSPS) is 16.5. The first kappa shape index (κ1) is 14.5. The van der Waals surface area contributed by atoms with Crippen LogP contribution in [0.2, 0.25) is 5.02 Å². The van der Waals surface area contributed by atoms with Gasteiger partial charge in [-0.3, -0.25) is 0 Å². The summed E-state index contributed by atoms with van der Waals surface area (Å²) in [4.78, 5) is 0. The second kappa shape index (κ2) is 6.39. The van der Waals surface area contributed by atoms with Gasteiger partial charge in [-0.25, -0.2) is 0 Å². The van der Waals surface area contributed by atoms with Gasteiger partial charge in [0.15, 0.2) is 0 Å². The highest BCUT2D eigenvalue weighted by molar-refractivity contribution is 6.31. The SMILES string of the molecule is CCCC(C)(O)CNC(C)c1ccccc1Cl. The predicted octanol–water partition coefficient (Wildman–Crippen LogP) is 3.54. The third kappa shape index (κ3) is 4.66. The van der Waals surface area contributed by atoms with Crippen molar-refractivity contribution >= 4 is 11.6 Å². The fraction of sp³-hybridized carbons (Fsp3) is 0.571. The molecule has 17 heavy (non-hydrogen) atoms. The highest BCUT2D eigenvalue weighted by atomic mass is 35.5. The van der Waals surface area contributed by atoms with Crippen LogP contribution in [0.15, 0.2) is 24.3 Å². The van der Waals surface area contributed by atoms with Crippen molar-refractivity contribution in [3.05, 3.63) is 34.9 Å². The van der Waals surface area contributed by atoms with Crippen LogP contribution in [0.5, 0.6) is 0 Å². The van der Waals surface area contributed by atoms with E-state index in [-0.39, 0.29) is 6.04 Å². The van der Waals surface area contributed by atoms with E-state index in [1.807, 2.05) is 31.2 Å². The molecule has 2 nitrogen and oxygen atoms in total. The van der Waals surface area contributed by atoms with E-state index in [9.17, 15) is 5.11 Å². The molecule has 1 aromatic rings. The van der Waals surface area contributed by atoms with Crippen molar-refractivity contribution < 1.29 is 5.11 Å². The molecule has 1 rings (SSSR count). The van der Waals surface area contributed by atoms with Crippen molar-refractivity contribution in [3.63, 3.8) is 0 Å². The quantitative estimate of drug-likeness (QED) is 0.815. The summed E-state index contributed by atoms with van der Waals surface area (Å²) in [6.07, 6.45) is 1.78. The topological polar surface area (TPSA) is 32.3 Å². The molecule has 0 aliphatic carbocycles. The lowest BCUT2D eigenvalue weighted by molar-refractivity contribution is 0.0477. The monoisotopic (exact) mass is 255 g/mol. The predicted molar refractivity (Wildman–Crippen MR) is 73.4 cm³/mol. The van der Waals surface area contributed by atoms with Crippen LogP contribution < -0.4 is 5.32 Å². The fourth-order valence-corrected chi connectivity index (χ4v) is 2.24. The molecule has 96 valence electrons. The molecule has 2 atom stereocenters. The molecule has 0 amide bonds. The van der Waals surface area contributed by atoms with E-state index in [4.69, 9.17) is 11.6 Å². The summed E-state index contributed by atoms with van der Waals surface area (Å²) in [6.45, 7) is 6.57. The van der Waals surface area contributed by atoms with Crippen LogP contribution in [0, 0.1) is 0 Å². The maximum Gasteiger partial charge on any atom is 0.0743 e. The zero-order chi connectivity index (χ0) is 12.9. The minimum atomic E-state index is -0.649. The minimum absolute atomic E-state index is 0.145. The van der Waals surface area contributed by atoms with Crippen molar-refractivity contribution in [1.82, 2.24) is 5.32 Å². The molecule has 0 spiro atoms. The van der Waals surface area contributed by atoms with E-state index in [1.54, 1.807) is 0 Å². The summed E-state index contributed by atoms with van der Waals surface area (Å²) in [5.41, 5.74) is 0.422. The maximum atomic E-state index is 10.1. The van der Waals surface area contributed by atoms with Crippen LogP contribution in [0.3, 0.4) is 0 Å². The maximum absolute atomic E-state index is 10.1. The smallest absolute Gasteiger partial charge is 0.0743 e. The fourth-order valence-electron chi connectivity index (χ4n) is 1.94. The average Bonchev–Trinajstić information content (AvgIpc) is 2.27. The molecular weight excluding hydrogens is 234 g/mol. The number of hydrogen-bond acceptors (Lipinski definition) is 2. The molecular formula is C14H22ClNO. The molecule has 0 aromatic heterocycles. The Balaban J connectivity index is 2.56. The second-order valence-electron chi connectivity index (χ2n) is 4.87. The van der Waals surface area contributed by atoms with Crippen LogP contribution in [0.25, 0.3) is 0 Å². The van der Waals surface area contributed by atoms with E-state index in [0.29, 0.717) is 6.54 Å². The van der Waals surface area contributed by atoms with Gasteiger partial charge in [0, 0.05) is 17.6 Å². The van der Waals surface area contributed by atoms with Crippen molar-refractivity contribution in [3.8, 4) is 0 Å². The molecule has 0 saturated heterocycles. The number of rotatable bonds is 6. The first-order valence-electron chi connectivity index (χ1n) is 6.16. The van der Waals surface area contributed by atoms with Crippen LogP contribution in [-0.4, -0.2) is 17.3 Å². The Kier molecular flexibility index (Phi) is 5.44. The van der Waals surface area contributed by atoms with Gasteiger partial charge in [0.25, 0.3) is 0 Å². The summed E-state index contributed by atoms with van der Waals surface area (Å²) in [7, 11) is 0.